The molecule has 0 bridgehead atoms. The van der Waals surface area contributed by atoms with E-state index in [9.17, 15) is 8.42 Å². The second kappa shape index (κ2) is 6.30. The second-order valence-corrected chi connectivity index (χ2v) is 8.11. The third kappa shape index (κ3) is 3.11. The molecule has 0 aromatic carbocycles. The lowest BCUT2D eigenvalue weighted by Crippen LogP contribution is -2.48. The first-order valence-corrected chi connectivity index (χ1v) is 9.38. The minimum absolute atomic E-state index is 0.338. The van der Waals surface area contributed by atoms with E-state index in [1.807, 2.05) is 13.0 Å². The van der Waals surface area contributed by atoms with Crippen LogP contribution in [-0.4, -0.2) is 58.7 Å². The first-order chi connectivity index (χ1) is 11.3. The zero-order valence-corrected chi connectivity index (χ0v) is 15.3. The molecule has 1 aliphatic rings. The highest BCUT2D eigenvalue weighted by Gasteiger charge is 2.32. The number of sulfonamides is 1. The van der Waals surface area contributed by atoms with Crippen LogP contribution in [-0.2, 0) is 23.6 Å². The Hall–Kier alpha value is -1.71. The van der Waals surface area contributed by atoms with E-state index in [1.54, 1.807) is 29.9 Å². The number of hydrogen-bond acceptors (Lipinski definition) is 6. The van der Waals surface area contributed by atoms with E-state index in [-0.39, 0.29) is 0 Å². The maximum atomic E-state index is 12.9. The van der Waals surface area contributed by atoms with Crippen molar-refractivity contribution in [3.8, 4) is 0 Å². The van der Waals surface area contributed by atoms with Crippen molar-refractivity contribution >= 4 is 10.0 Å². The minimum atomic E-state index is -3.51. The van der Waals surface area contributed by atoms with Crippen molar-refractivity contribution in [1.29, 1.82) is 0 Å². The van der Waals surface area contributed by atoms with Gasteiger partial charge in [-0.25, -0.2) is 8.42 Å². The molecule has 8 nitrogen and oxygen atoms in total. The third-order valence-electron chi connectivity index (χ3n) is 4.43. The van der Waals surface area contributed by atoms with Crippen molar-refractivity contribution in [1.82, 2.24) is 24.1 Å². The maximum Gasteiger partial charge on any atom is 0.246 e. The van der Waals surface area contributed by atoms with Crippen LogP contribution in [0.1, 0.15) is 22.8 Å². The van der Waals surface area contributed by atoms with Crippen molar-refractivity contribution in [2.24, 2.45) is 7.05 Å². The summed E-state index contributed by atoms with van der Waals surface area (Å²) >= 11 is 0. The summed E-state index contributed by atoms with van der Waals surface area (Å²) in [5, 5.41) is 8.22. The molecule has 0 aliphatic carbocycles. The fraction of sp³-hybridized carbons (Fsp3) is 0.600. The number of nitrogens with zero attached hydrogens (tertiary/aromatic N) is 5. The van der Waals surface area contributed by atoms with Crippen molar-refractivity contribution < 1.29 is 12.9 Å². The SMILES string of the molecule is Cc1cc(CN2CCN(S(=O)(=O)c3c(C)nn(C)c3C)CC2)no1. The van der Waals surface area contributed by atoms with Gasteiger partial charge in [-0.2, -0.15) is 9.40 Å². The number of piperazine rings is 1. The van der Waals surface area contributed by atoms with Crippen LogP contribution in [0.4, 0.5) is 0 Å². The molecule has 0 unspecified atom stereocenters. The maximum absolute atomic E-state index is 12.9. The molecule has 1 fully saturated rings. The Kier molecular flexibility index (Phi) is 4.50. The third-order valence-corrected chi connectivity index (χ3v) is 6.59. The van der Waals surface area contributed by atoms with Crippen LogP contribution >= 0.6 is 0 Å². The molecule has 3 heterocycles. The van der Waals surface area contributed by atoms with E-state index < -0.39 is 10.0 Å². The van der Waals surface area contributed by atoms with E-state index in [0.717, 1.165) is 11.5 Å². The standard InChI is InChI=1S/C15H23N5O3S/c1-11-9-14(17-23-11)10-19-5-7-20(8-6-19)24(21,22)15-12(2)16-18(4)13(15)3/h9H,5-8,10H2,1-4H3. The first kappa shape index (κ1) is 17.1. The Labute approximate surface area is 142 Å². The molecule has 0 spiro atoms. The van der Waals surface area contributed by atoms with Crippen molar-refractivity contribution in [2.45, 2.75) is 32.2 Å². The first-order valence-electron chi connectivity index (χ1n) is 7.94. The lowest BCUT2D eigenvalue weighted by atomic mass is 10.3. The molecule has 0 N–H and O–H groups in total. The Bertz CT molecular complexity index is 831. The van der Waals surface area contributed by atoms with E-state index in [1.165, 1.54) is 0 Å². The van der Waals surface area contributed by atoms with Gasteiger partial charge in [0.15, 0.2) is 0 Å². The molecule has 0 saturated carbocycles. The summed E-state index contributed by atoms with van der Waals surface area (Å²) in [6, 6.07) is 1.91. The van der Waals surface area contributed by atoms with Crippen molar-refractivity contribution in [3.05, 3.63) is 28.9 Å². The monoisotopic (exact) mass is 353 g/mol. The second-order valence-electron chi connectivity index (χ2n) is 6.23. The molecule has 24 heavy (non-hydrogen) atoms. The van der Waals surface area contributed by atoms with Crippen LogP contribution in [0, 0.1) is 20.8 Å². The molecule has 0 amide bonds. The van der Waals surface area contributed by atoms with Gasteiger partial charge in [0.25, 0.3) is 0 Å². The molecular formula is C15H23N5O3S. The van der Waals surface area contributed by atoms with Crippen molar-refractivity contribution in [2.75, 3.05) is 26.2 Å². The molecule has 1 saturated heterocycles. The lowest BCUT2D eigenvalue weighted by Gasteiger charge is -2.33. The Morgan fingerprint density at radius 2 is 1.83 bits per heavy atom. The highest BCUT2D eigenvalue weighted by atomic mass is 32.2. The Balaban J connectivity index is 1.69. The summed E-state index contributed by atoms with van der Waals surface area (Å²) in [4.78, 5) is 2.53. The highest BCUT2D eigenvalue weighted by molar-refractivity contribution is 7.89. The average molecular weight is 353 g/mol. The Morgan fingerprint density at radius 1 is 1.17 bits per heavy atom. The van der Waals surface area contributed by atoms with Crippen LogP contribution in [0.3, 0.4) is 0 Å². The van der Waals surface area contributed by atoms with Gasteiger partial charge in [0.05, 0.1) is 17.1 Å². The lowest BCUT2D eigenvalue weighted by molar-refractivity contribution is 0.177. The van der Waals surface area contributed by atoms with Crippen LogP contribution in [0.25, 0.3) is 0 Å². The number of aryl methyl sites for hydroxylation is 3. The van der Waals surface area contributed by atoms with Crippen LogP contribution in [0.2, 0.25) is 0 Å². The molecule has 2 aromatic heterocycles. The largest absolute Gasteiger partial charge is 0.361 e. The molecular weight excluding hydrogens is 330 g/mol. The molecule has 2 aromatic rings. The Morgan fingerprint density at radius 3 is 2.33 bits per heavy atom. The number of rotatable bonds is 4. The normalized spacial score (nSPS) is 17.5. The minimum Gasteiger partial charge on any atom is -0.361 e. The number of aromatic nitrogens is 3. The fourth-order valence-corrected chi connectivity index (χ4v) is 4.93. The van der Waals surface area contributed by atoms with Gasteiger partial charge in [-0.3, -0.25) is 9.58 Å². The molecule has 1 aliphatic heterocycles. The zero-order chi connectivity index (χ0) is 17.5. The van der Waals surface area contributed by atoms with E-state index in [2.05, 4.69) is 15.2 Å². The predicted molar refractivity (Wildman–Crippen MR) is 88.0 cm³/mol. The molecule has 0 radical (unpaired) electrons. The quantitative estimate of drug-likeness (QED) is 0.810. The molecule has 0 atom stereocenters. The van der Waals surface area contributed by atoms with Crippen LogP contribution < -0.4 is 0 Å². The number of hydrogen-bond donors (Lipinski definition) is 0. The molecule has 132 valence electrons. The highest BCUT2D eigenvalue weighted by Crippen LogP contribution is 2.24. The van der Waals surface area contributed by atoms with Crippen molar-refractivity contribution in [3.63, 3.8) is 0 Å². The van der Waals surface area contributed by atoms with Gasteiger partial charge in [0.2, 0.25) is 10.0 Å². The summed E-state index contributed by atoms with van der Waals surface area (Å²) < 4.78 is 34.1. The van der Waals surface area contributed by atoms with Gasteiger partial charge in [0.1, 0.15) is 10.7 Å². The van der Waals surface area contributed by atoms with Gasteiger partial charge >= 0.3 is 0 Å². The summed E-state index contributed by atoms with van der Waals surface area (Å²) in [6.45, 7) is 8.34. The summed E-state index contributed by atoms with van der Waals surface area (Å²) in [5.41, 5.74) is 2.10. The zero-order valence-electron chi connectivity index (χ0n) is 14.5. The molecule has 9 heteroatoms. The average Bonchev–Trinajstić information content (AvgIpc) is 3.03. The summed E-state index contributed by atoms with van der Waals surface area (Å²) in [6.07, 6.45) is 0. The van der Waals surface area contributed by atoms with Gasteiger partial charge < -0.3 is 4.52 Å². The fourth-order valence-electron chi connectivity index (χ4n) is 3.11. The van der Waals surface area contributed by atoms with Crippen LogP contribution in [0.15, 0.2) is 15.5 Å². The summed E-state index contributed by atoms with van der Waals surface area (Å²) in [7, 11) is -1.74. The topological polar surface area (TPSA) is 84.5 Å². The van der Waals surface area contributed by atoms with E-state index in [4.69, 9.17) is 4.52 Å². The van der Waals surface area contributed by atoms with Gasteiger partial charge in [-0.15, -0.1) is 0 Å². The molecule has 3 rings (SSSR count). The van der Waals surface area contributed by atoms with E-state index >= 15 is 0 Å². The van der Waals surface area contributed by atoms with Gasteiger partial charge in [-0.05, 0) is 20.8 Å². The van der Waals surface area contributed by atoms with Gasteiger partial charge in [0, 0.05) is 45.8 Å². The summed E-state index contributed by atoms with van der Waals surface area (Å²) in [5.74, 6) is 0.786. The smallest absolute Gasteiger partial charge is 0.246 e. The van der Waals surface area contributed by atoms with Crippen LogP contribution in [0.5, 0.6) is 0 Å². The van der Waals surface area contributed by atoms with Gasteiger partial charge in [-0.1, -0.05) is 5.16 Å². The van der Waals surface area contributed by atoms with E-state index in [0.29, 0.717) is 49.0 Å². The predicted octanol–water partition coefficient (Wildman–Crippen LogP) is 0.840.